The summed E-state index contributed by atoms with van der Waals surface area (Å²) in [5, 5.41) is 0.605. The lowest BCUT2D eigenvalue weighted by molar-refractivity contribution is 0.228. The highest BCUT2D eigenvalue weighted by atomic mass is 35.5. The van der Waals surface area contributed by atoms with Crippen molar-refractivity contribution in [2.45, 2.75) is 25.3 Å². The molecule has 0 amide bonds. The maximum Gasteiger partial charge on any atom is 0.204 e. The molecule has 128 valence electrons. The van der Waals surface area contributed by atoms with Crippen molar-refractivity contribution in [3.63, 3.8) is 0 Å². The highest BCUT2D eigenvalue weighted by Gasteiger charge is 2.21. The number of ether oxygens (including phenoxy) is 2. The first-order chi connectivity index (χ1) is 11.6. The fourth-order valence-corrected chi connectivity index (χ4v) is 3.10. The van der Waals surface area contributed by atoms with Gasteiger partial charge in [-0.3, -0.25) is 0 Å². The molecule has 2 aromatic rings. The van der Waals surface area contributed by atoms with E-state index in [2.05, 4.69) is 11.9 Å². The molecule has 0 N–H and O–H groups in total. The van der Waals surface area contributed by atoms with E-state index in [1.165, 1.54) is 18.9 Å². The number of halogens is 2. The van der Waals surface area contributed by atoms with Crippen molar-refractivity contribution in [1.82, 2.24) is 4.90 Å². The zero-order chi connectivity index (χ0) is 16.9. The van der Waals surface area contributed by atoms with Crippen LogP contribution in [-0.2, 0) is 0 Å². The fraction of sp³-hybridized carbons (Fsp3) is 0.368. The lowest BCUT2D eigenvalue weighted by Crippen LogP contribution is -2.26. The largest absolute Gasteiger partial charge is 0.489 e. The SMILES string of the molecule is CN1CCC[C@H]1CCOc1cccc(F)c1Oc1ccc(Cl)cc1. The van der Waals surface area contributed by atoms with Crippen LogP contribution < -0.4 is 9.47 Å². The van der Waals surface area contributed by atoms with Gasteiger partial charge in [0, 0.05) is 11.1 Å². The third-order valence-corrected chi connectivity index (χ3v) is 4.60. The number of nitrogens with zero attached hydrogens (tertiary/aromatic N) is 1. The van der Waals surface area contributed by atoms with Crippen LogP contribution in [0.3, 0.4) is 0 Å². The van der Waals surface area contributed by atoms with Gasteiger partial charge in [-0.15, -0.1) is 0 Å². The summed E-state index contributed by atoms with van der Waals surface area (Å²) in [6, 6.07) is 12.1. The van der Waals surface area contributed by atoms with E-state index in [0.29, 0.717) is 29.2 Å². The average Bonchev–Trinajstić information content (AvgIpc) is 2.98. The highest BCUT2D eigenvalue weighted by molar-refractivity contribution is 6.30. The predicted molar refractivity (Wildman–Crippen MR) is 93.7 cm³/mol. The second kappa shape index (κ2) is 7.86. The van der Waals surface area contributed by atoms with Gasteiger partial charge in [0.1, 0.15) is 5.75 Å². The van der Waals surface area contributed by atoms with Gasteiger partial charge >= 0.3 is 0 Å². The number of rotatable bonds is 6. The summed E-state index contributed by atoms with van der Waals surface area (Å²) in [6.07, 6.45) is 3.34. The van der Waals surface area contributed by atoms with Crippen LogP contribution >= 0.6 is 11.6 Å². The molecular formula is C19H21ClFNO2. The van der Waals surface area contributed by atoms with Crippen molar-refractivity contribution in [3.8, 4) is 17.2 Å². The monoisotopic (exact) mass is 349 g/mol. The van der Waals surface area contributed by atoms with Gasteiger partial charge in [0.05, 0.1) is 6.61 Å². The summed E-state index contributed by atoms with van der Waals surface area (Å²) >= 11 is 5.86. The van der Waals surface area contributed by atoms with Crippen molar-refractivity contribution < 1.29 is 13.9 Å². The number of likely N-dealkylation sites (tertiary alicyclic amines) is 1. The minimum Gasteiger partial charge on any atom is -0.489 e. The second-order valence-electron chi connectivity index (χ2n) is 6.04. The first-order valence-electron chi connectivity index (χ1n) is 8.18. The number of hydrogen-bond acceptors (Lipinski definition) is 3. The smallest absolute Gasteiger partial charge is 0.204 e. The molecule has 0 unspecified atom stereocenters. The van der Waals surface area contributed by atoms with Gasteiger partial charge in [0.25, 0.3) is 0 Å². The molecule has 2 aromatic carbocycles. The first kappa shape index (κ1) is 17.1. The van der Waals surface area contributed by atoms with E-state index < -0.39 is 5.82 Å². The Balaban J connectivity index is 1.66. The van der Waals surface area contributed by atoms with Crippen LogP contribution in [0.25, 0.3) is 0 Å². The molecule has 3 rings (SSSR count). The Bertz CT molecular complexity index is 678. The van der Waals surface area contributed by atoms with Gasteiger partial charge in [-0.05, 0) is 69.3 Å². The van der Waals surface area contributed by atoms with E-state index in [4.69, 9.17) is 21.1 Å². The van der Waals surface area contributed by atoms with E-state index in [9.17, 15) is 4.39 Å². The van der Waals surface area contributed by atoms with Crippen molar-refractivity contribution >= 4 is 11.6 Å². The fourth-order valence-electron chi connectivity index (χ4n) is 2.97. The molecular weight excluding hydrogens is 329 g/mol. The molecule has 1 saturated heterocycles. The summed E-state index contributed by atoms with van der Waals surface area (Å²) in [5.74, 6) is 0.607. The van der Waals surface area contributed by atoms with Gasteiger partial charge in [-0.25, -0.2) is 4.39 Å². The molecule has 1 aliphatic rings. The molecule has 3 nitrogen and oxygen atoms in total. The first-order valence-corrected chi connectivity index (χ1v) is 8.56. The van der Waals surface area contributed by atoms with Crippen molar-refractivity contribution in [1.29, 1.82) is 0 Å². The molecule has 0 aromatic heterocycles. The molecule has 5 heteroatoms. The van der Waals surface area contributed by atoms with Crippen LogP contribution in [0.4, 0.5) is 4.39 Å². The molecule has 0 aliphatic carbocycles. The van der Waals surface area contributed by atoms with Gasteiger partial charge in [0.15, 0.2) is 11.6 Å². The van der Waals surface area contributed by atoms with E-state index >= 15 is 0 Å². The van der Waals surface area contributed by atoms with Crippen LogP contribution in [0.1, 0.15) is 19.3 Å². The molecule has 1 aliphatic heterocycles. The Kier molecular flexibility index (Phi) is 5.59. The van der Waals surface area contributed by atoms with E-state index in [0.717, 1.165) is 13.0 Å². The van der Waals surface area contributed by atoms with Gasteiger partial charge in [0.2, 0.25) is 5.75 Å². The molecule has 1 heterocycles. The Hall–Kier alpha value is -1.78. The number of para-hydroxylation sites is 1. The molecule has 24 heavy (non-hydrogen) atoms. The van der Waals surface area contributed by atoms with Crippen LogP contribution in [-0.4, -0.2) is 31.1 Å². The van der Waals surface area contributed by atoms with Crippen LogP contribution in [0.2, 0.25) is 5.02 Å². The zero-order valence-electron chi connectivity index (χ0n) is 13.7. The second-order valence-corrected chi connectivity index (χ2v) is 6.47. The quantitative estimate of drug-likeness (QED) is 0.721. The molecule has 0 spiro atoms. The predicted octanol–water partition coefficient (Wildman–Crippen LogP) is 5.13. The maximum absolute atomic E-state index is 14.2. The zero-order valence-corrected chi connectivity index (χ0v) is 14.4. The summed E-state index contributed by atoms with van der Waals surface area (Å²) in [5.41, 5.74) is 0. The van der Waals surface area contributed by atoms with E-state index in [1.807, 2.05) is 0 Å². The third kappa shape index (κ3) is 4.19. The highest BCUT2D eigenvalue weighted by Crippen LogP contribution is 2.34. The minimum atomic E-state index is -0.444. The van der Waals surface area contributed by atoms with Crippen molar-refractivity contribution in [3.05, 3.63) is 53.3 Å². The van der Waals surface area contributed by atoms with Crippen molar-refractivity contribution in [2.75, 3.05) is 20.2 Å². The summed E-state index contributed by atoms with van der Waals surface area (Å²) in [7, 11) is 2.13. The number of benzene rings is 2. The Morgan fingerprint density at radius 2 is 2.00 bits per heavy atom. The Labute approximate surface area is 146 Å². The van der Waals surface area contributed by atoms with E-state index in [-0.39, 0.29) is 5.75 Å². The van der Waals surface area contributed by atoms with Crippen LogP contribution in [0.15, 0.2) is 42.5 Å². The topological polar surface area (TPSA) is 21.7 Å². The van der Waals surface area contributed by atoms with Crippen LogP contribution in [0, 0.1) is 5.82 Å². The van der Waals surface area contributed by atoms with Crippen LogP contribution in [0.5, 0.6) is 17.2 Å². The van der Waals surface area contributed by atoms with Crippen molar-refractivity contribution in [2.24, 2.45) is 0 Å². The third-order valence-electron chi connectivity index (χ3n) is 4.34. The molecule has 0 bridgehead atoms. The standard InChI is InChI=1S/C19H21ClFNO2/c1-22-12-3-4-15(22)11-13-23-18-6-2-5-17(21)19(18)24-16-9-7-14(20)8-10-16/h2,5-10,15H,3-4,11-13H2,1H3/t15-/m0/s1. The van der Waals surface area contributed by atoms with Gasteiger partial charge in [-0.2, -0.15) is 0 Å². The summed E-state index contributed by atoms with van der Waals surface area (Å²) in [4.78, 5) is 2.35. The minimum absolute atomic E-state index is 0.111. The molecule has 0 radical (unpaired) electrons. The molecule has 1 atom stereocenters. The average molecular weight is 350 g/mol. The molecule has 0 saturated carbocycles. The molecule has 1 fully saturated rings. The maximum atomic E-state index is 14.2. The van der Waals surface area contributed by atoms with Gasteiger partial charge < -0.3 is 14.4 Å². The summed E-state index contributed by atoms with van der Waals surface area (Å²) < 4.78 is 25.6. The lowest BCUT2D eigenvalue weighted by Gasteiger charge is -2.20. The summed E-state index contributed by atoms with van der Waals surface area (Å²) in [6.45, 7) is 1.67. The number of hydrogen-bond donors (Lipinski definition) is 0. The Morgan fingerprint density at radius 1 is 1.21 bits per heavy atom. The Morgan fingerprint density at radius 3 is 2.71 bits per heavy atom. The van der Waals surface area contributed by atoms with E-state index in [1.54, 1.807) is 36.4 Å². The lowest BCUT2D eigenvalue weighted by atomic mass is 10.1. The normalized spacial score (nSPS) is 17.9. The van der Waals surface area contributed by atoms with Gasteiger partial charge in [-0.1, -0.05) is 17.7 Å².